The fraction of sp³-hybridized carbons (Fsp3) is 0.625. The fourth-order valence-corrected chi connectivity index (χ4v) is 2.01. The van der Waals surface area contributed by atoms with Gasteiger partial charge in [0.2, 0.25) is 0 Å². The van der Waals surface area contributed by atoms with Gasteiger partial charge in [-0.2, -0.15) is 0 Å². The zero-order valence-corrected chi connectivity index (χ0v) is 12.6. The van der Waals surface area contributed by atoms with Gasteiger partial charge >= 0.3 is 0 Å². The fourth-order valence-electron chi connectivity index (χ4n) is 2.01. The molecule has 3 nitrogen and oxygen atoms in total. The van der Waals surface area contributed by atoms with Crippen LogP contribution in [0.15, 0.2) is 24.3 Å². The molecule has 0 spiro atoms. The Morgan fingerprint density at radius 3 is 2.37 bits per heavy atom. The molecule has 0 saturated carbocycles. The van der Waals surface area contributed by atoms with E-state index < -0.39 is 0 Å². The molecule has 3 heteroatoms. The second kappa shape index (κ2) is 8.94. The Bertz CT molecular complexity index is 329. The van der Waals surface area contributed by atoms with Gasteiger partial charge in [0.25, 0.3) is 0 Å². The van der Waals surface area contributed by atoms with Crippen molar-refractivity contribution in [2.45, 2.75) is 52.3 Å². The molecular weight excluding hydrogens is 238 g/mol. The smallest absolute Gasteiger partial charge is 0.119 e. The van der Waals surface area contributed by atoms with Gasteiger partial charge in [-0.05, 0) is 38.0 Å². The van der Waals surface area contributed by atoms with Crippen molar-refractivity contribution in [2.75, 3.05) is 13.7 Å². The van der Waals surface area contributed by atoms with Crippen molar-refractivity contribution in [3.63, 3.8) is 0 Å². The summed E-state index contributed by atoms with van der Waals surface area (Å²) in [5, 5.41) is 3.53. The van der Waals surface area contributed by atoms with E-state index in [1.807, 2.05) is 26.0 Å². The number of benzene rings is 1. The van der Waals surface area contributed by atoms with Crippen molar-refractivity contribution < 1.29 is 9.47 Å². The minimum Gasteiger partial charge on any atom is -0.491 e. The van der Waals surface area contributed by atoms with E-state index in [-0.39, 0.29) is 6.10 Å². The molecule has 0 radical (unpaired) electrons. The number of ether oxygens (including phenoxy) is 2. The molecule has 0 aromatic heterocycles. The van der Waals surface area contributed by atoms with E-state index in [0.29, 0.717) is 6.04 Å². The monoisotopic (exact) mass is 265 g/mol. The van der Waals surface area contributed by atoms with Crippen molar-refractivity contribution in [3.05, 3.63) is 29.8 Å². The minimum absolute atomic E-state index is 0.222. The van der Waals surface area contributed by atoms with Crippen LogP contribution < -0.4 is 10.1 Å². The first-order valence-electron chi connectivity index (χ1n) is 7.13. The molecule has 108 valence electrons. The quantitative estimate of drug-likeness (QED) is 0.742. The Labute approximate surface area is 117 Å². The van der Waals surface area contributed by atoms with Crippen molar-refractivity contribution in [2.24, 2.45) is 0 Å². The summed E-state index contributed by atoms with van der Waals surface area (Å²) in [5.74, 6) is 0.931. The summed E-state index contributed by atoms with van der Waals surface area (Å²) < 4.78 is 10.9. The summed E-state index contributed by atoms with van der Waals surface area (Å²) in [6, 6.07) is 8.72. The maximum atomic E-state index is 5.63. The van der Waals surface area contributed by atoms with Crippen LogP contribution in [0.2, 0.25) is 0 Å². The van der Waals surface area contributed by atoms with Crippen LogP contribution in [0.4, 0.5) is 0 Å². The van der Waals surface area contributed by atoms with Crippen LogP contribution in [0.3, 0.4) is 0 Å². The van der Waals surface area contributed by atoms with Gasteiger partial charge in [0.05, 0.1) is 12.7 Å². The van der Waals surface area contributed by atoms with Gasteiger partial charge in [0.15, 0.2) is 0 Å². The van der Waals surface area contributed by atoms with Gasteiger partial charge in [-0.3, -0.25) is 0 Å². The molecule has 1 atom stereocenters. The molecule has 0 amide bonds. The third-order valence-electron chi connectivity index (χ3n) is 2.89. The standard InChI is InChI=1S/C16H27NO2/c1-5-6-15(12-18-4)17-11-14-7-9-16(10-8-14)19-13(2)3/h7-10,13,15,17H,5-6,11-12H2,1-4H3. The lowest BCUT2D eigenvalue weighted by Gasteiger charge is -2.17. The van der Waals surface area contributed by atoms with Crippen LogP contribution in [0, 0.1) is 0 Å². The van der Waals surface area contributed by atoms with Crippen LogP contribution in [-0.4, -0.2) is 25.9 Å². The van der Waals surface area contributed by atoms with E-state index in [2.05, 4.69) is 24.4 Å². The largest absolute Gasteiger partial charge is 0.491 e. The molecule has 0 aliphatic carbocycles. The van der Waals surface area contributed by atoms with Gasteiger partial charge < -0.3 is 14.8 Å². The summed E-state index contributed by atoms with van der Waals surface area (Å²) in [6.45, 7) is 7.91. The Morgan fingerprint density at radius 1 is 1.16 bits per heavy atom. The predicted octanol–water partition coefficient (Wildman–Crippen LogP) is 3.38. The summed E-state index contributed by atoms with van der Waals surface area (Å²) in [6.07, 6.45) is 2.53. The number of hydrogen-bond donors (Lipinski definition) is 1. The highest BCUT2D eigenvalue weighted by atomic mass is 16.5. The lowest BCUT2D eigenvalue weighted by molar-refractivity contribution is 0.161. The molecular formula is C16H27NO2. The molecule has 0 heterocycles. The SMILES string of the molecule is CCCC(COC)NCc1ccc(OC(C)C)cc1. The maximum Gasteiger partial charge on any atom is 0.119 e. The summed E-state index contributed by atoms with van der Waals surface area (Å²) in [7, 11) is 1.75. The summed E-state index contributed by atoms with van der Waals surface area (Å²) in [4.78, 5) is 0. The number of nitrogens with one attached hydrogen (secondary N) is 1. The van der Waals surface area contributed by atoms with Crippen molar-refractivity contribution >= 4 is 0 Å². The minimum atomic E-state index is 0.222. The molecule has 1 unspecified atom stereocenters. The topological polar surface area (TPSA) is 30.5 Å². The van der Waals surface area contributed by atoms with E-state index in [1.54, 1.807) is 7.11 Å². The first-order chi connectivity index (χ1) is 9.15. The maximum absolute atomic E-state index is 5.63. The summed E-state index contributed by atoms with van der Waals surface area (Å²) >= 11 is 0. The number of rotatable bonds is 9. The van der Waals surface area contributed by atoms with E-state index in [4.69, 9.17) is 9.47 Å². The van der Waals surface area contributed by atoms with E-state index in [0.717, 1.165) is 25.3 Å². The van der Waals surface area contributed by atoms with Gasteiger partial charge in [-0.1, -0.05) is 25.5 Å². The number of hydrogen-bond acceptors (Lipinski definition) is 3. The number of methoxy groups -OCH3 is 1. The molecule has 0 aliphatic rings. The van der Waals surface area contributed by atoms with Crippen LogP contribution in [0.1, 0.15) is 39.2 Å². The third-order valence-corrected chi connectivity index (χ3v) is 2.89. The highest BCUT2D eigenvalue weighted by molar-refractivity contribution is 5.27. The van der Waals surface area contributed by atoms with Crippen molar-refractivity contribution in [1.82, 2.24) is 5.32 Å². The molecule has 1 rings (SSSR count). The van der Waals surface area contributed by atoms with Crippen molar-refractivity contribution in [3.8, 4) is 5.75 Å². The normalized spacial score (nSPS) is 12.7. The zero-order valence-electron chi connectivity index (χ0n) is 12.6. The van der Waals surface area contributed by atoms with E-state index in [9.17, 15) is 0 Å². The van der Waals surface area contributed by atoms with Gasteiger partial charge in [-0.15, -0.1) is 0 Å². The molecule has 0 fully saturated rings. The van der Waals surface area contributed by atoms with E-state index in [1.165, 1.54) is 12.0 Å². The van der Waals surface area contributed by atoms with Gasteiger partial charge in [-0.25, -0.2) is 0 Å². The van der Waals surface area contributed by atoms with Crippen LogP contribution in [-0.2, 0) is 11.3 Å². The van der Waals surface area contributed by atoms with Crippen molar-refractivity contribution in [1.29, 1.82) is 0 Å². The Kier molecular flexibility index (Phi) is 7.53. The Balaban J connectivity index is 2.43. The second-order valence-corrected chi connectivity index (χ2v) is 5.13. The second-order valence-electron chi connectivity index (χ2n) is 5.13. The van der Waals surface area contributed by atoms with Crippen LogP contribution in [0.5, 0.6) is 5.75 Å². The Morgan fingerprint density at radius 2 is 1.84 bits per heavy atom. The average molecular weight is 265 g/mol. The summed E-state index contributed by atoms with van der Waals surface area (Å²) in [5.41, 5.74) is 1.27. The first-order valence-corrected chi connectivity index (χ1v) is 7.13. The zero-order chi connectivity index (χ0) is 14.1. The average Bonchev–Trinajstić information content (AvgIpc) is 2.37. The lowest BCUT2D eigenvalue weighted by Crippen LogP contribution is -2.32. The van der Waals surface area contributed by atoms with Gasteiger partial charge in [0.1, 0.15) is 5.75 Å². The molecule has 0 saturated heterocycles. The molecule has 0 aliphatic heterocycles. The highest BCUT2D eigenvalue weighted by Gasteiger charge is 2.06. The molecule has 0 bridgehead atoms. The molecule has 1 aromatic carbocycles. The highest BCUT2D eigenvalue weighted by Crippen LogP contribution is 2.14. The predicted molar refractivity (Wildman–Crippen MR) is 79.6 cm³/mol. The molecule has 1 aromatic rings. The molecule has 1 N–H and O–H groups in total. The molecule has 19 heavy (non-hydrogen) atoms. The van der Waals surface area contributed by atoms with Crippen LogP contribution in [0.25, 0.3) is 0 Å². The van der Waals surface area contributed by atoms with Crippen LogP contribution >= 0.6 is 0 Å². The lowest BCUT2D eigenvalue weighted by atomic mass is 10.1. The Hall–Kier alpha value is -1.06. The first kappa shape index (κ1) is 16.0. The van der Waals surface area contributed by atoms with E-state index >= 15 is 0 Å². The third kappa shape index (κ3) is 6.60. The van der Waals surface area contributed by atoms with Gasteiger partial charge in [0, 0.05) is 19.7 Å².